The third-order valence-electron chi connectivity index (χ3n) is 8.82. The molecular formula is C28H36FN5O. The van der Waals surface area contributed by atoms with E-state index in [1.165, 1.54) is 37.1 Å². The fourth-order valence-electron chi connectivity index (χ4n) is 6.63. The second-order valence-corrected chi connectivity index (χ2v) is 11.0. The van der Waals surface area contributed by atoms with E-state index in [-0.39, 0.29) is 24.0 Å². The van der Waals surface area contributed by atoms with Gasteiger partial charge in [0.25, 0.3) is 0 Å². The second kappa shape index (κ2) is 9.08. The van der Waals surface area contributed by atoms with E-state index in [2.05, 4.69) is 46.1 Å². The Labute approximate surface area is 206 Å². The van der Waals surface area contributed by atoms with Gasteiger partial charge in [-0.15, -0.1) is 0 Å². The van der Waals surface area contributed by atoms with Gasteiger partial charge >= 0.3 is 0 Å². The van der Waals surface area contributed by atoms with E-state index < -0.39 is 5.83 Å². The quantitative estimate of drug-likeness (QED) is 0.503. The highest BCUT2D eigenvalue weighted by Crippen LogP contribution is 2.41. The molecule has 3 heterocycles. The van der Waals surface area contributed by atoms with E-state index in [4.69, 9.17) is 4.98 Å². The number of H-pyrrole nitrogens is 2. The van der Waals surface area contributed by atoms with Crippen LogP contribution in [0.5, 0.6) is 0 Å². The first-order valence-electron chi connectivity index (χ1n) is 13.4. The number of fused-ring (bicyclic) bond motifs is 2. The number of allylic oxidation sites excluding steroid dienone is 4. The average Bonchev–Trinajstić information content (AvgIpc) is 3.48. The molecule has 0 aromatic carbocycles. The third kappa shape index (κ3) is 4.18. The number of imidazole rings is 1. The molecule has 3 aliphatic carbocycles. The lowest BCUT2D eigenvalue weighted by Gasteiger charge is -2.37. The summed E-state index contributed by atoms with van der Waals surface area (Å²) < 4.78 is 14.2. The maximum absolute atomic E-state index is 14.2. The summed E-state index contributed by atoms with van der Waals surface area (Å²) in [5.41, 5.74) is 6.56. The summed E-state index contributed by atoms with van der Waals surface area (Å²) in [6.07, 6.45) is 14.1. The van der Waals surface area contributed by atoms with Crippen molar-refractivity contribution >= 4 is 6.08 Å². The molecule has 0 saturated heterocycles. The van der Waals surface area contributed by atoms with Crippen LogP contribution in [0.4, 0.5) is 4.39 Å². The summed E-state index contributed by atoms with van der Waals surface area (Å²) in [5.74, 6) is 1.35. The maximum Gasteiger partial charge on any atom is 0.159 e. The summed E-state index contributed by atoms with van der Waals surface area (Å²) in [7, 11) is 0. The third-order valence-corrected chi connectivity index (χ3v) is 8.82. The molecule has 2 aromatic heterocycles. The van der Waals surface area contributed by atoms with E-state index in [0.717, 1.165) is 66.6 Å². The molecule has 186 valence electrons. The molecule has 6 nitrogen and oxygen atoms in total. The Hall–Kier alpha value is -2.67. The van der Waals surface area contributed by atoms with Crippen molar-refractivity contribution in [3.63, 3.8) is 0 Å². The Morgan fingerprint density at radius 2 is 2.00 bits per heavy atom. The lowest BCUT2D eigenvalue weighted by Crippen LogP contribution is -2.41. The van der Waals surface area contributed by atoms with Crippen LogP contribution in [-0.2, 0) is 19.4 Å². The lowest BCUT2D eigenvalue weighted by atomic mass is 9.75. The minimum atomic E-state index is -0.408. The fraction of sp³-hybridized carbons (Fsp3) is 0.571. The van der Waals surface area contributed by atoms with Gasteiger partial charge in [-0.25, -0.2) is 9.37 Å². The number of halogens is 1. The number of rotatable bonds is 4. The Morgan fingerprint density at radius 3 is 2.80 bits per heavy atom. The van der Waals surface area contributed by atoms with Crippen molar-refractivity contribution in [2.24, 2.45) is 17.8 Å². The van der Waals surface area contributed by atoms with Crippen LogP contribution in [0.2, 0.25) is 0 Å². The predicted molar refractivity (Wildman–Crippen MR) is 135 cm³/mol. The molecule has 35 heavy (non-hydrogen) atoms. The Morgan fingerprint density at radius 1 is 1.17 bits per heavy atom. The minimum Gasteiger partial charge on any atom is -0.505 e. The Kier molecular flexibility index (Phi) is 5.91. The first-order valence-corrected chi connectivity index (χ1v) is 13.4. The van der Waals surface area contributed by atoms with Gasteiger partial charge in [0.05, 0.1) is 11.4 Å². The van der Waals surface area contributed by atoms with Crippen LogP contribution in [-0.4, -0.2) is 42.8 Å². The minimum absolute atomic E-state index is 0.0664. The molecular weight excluding hydrogens is 441 g/mol. The summed E-state index contributed by atoms with van der Waals surface area (Å²) >= 11 is 0. The van der Waals surface area contributed by atoms with Gasteiger partial charge in [0.15, 0.2) is 5.82 Å². The van der Waals surface area contributed by atoms with E-state index >= 15 is 0 Å². The van der Waals surface area contributed by atoms with Gasteiger partial charge in [-0.3, -0.25) is 10.00 Å². The fourth-order valence-corrected chi connectivity index (χ4v) is 6.63. The van der Waals surface area contributed by atoms with Crippen LogP contribution >= 0.6 is 0 Å². The molecule has 0 amide bonds. The van der Waals surface area contributed by atoms with Gasteiger partial charge < -0.3 is 10.1 Å². The Balaban J connectivity index is 1.19. The number of aliphatic hydroxyl groups is 1. The molecule has 0 spiro atoms. The molecule has 7 heteroatoms. The van der Waals surface area contributed by atoms with E-state index in [9.17, 15) is 9.50 Å². The number of hydrogen-bond acceptors (Lipinski definition) is 4. The summed E-state index contributed by atoms with van der Waals surface area (Å²) in [6, 6.07) is 0.701. The zero-order valence-electron chi connectivity index (χ0n) is 20.8. The normalized spacial score (nSPS) is 29.2. The van der Waals surface area contributed by atoms with E-state index in [1.807, 2.05) is 0 Å². The number of nitrogens with zero attached hydrogens (tertiary/aromatic N) is 3. The van der Waals surface area contributed by atoms with Crippen molar-refractivity contribution in [2.75, 3.05) is 6.54 Å². The first-order chi connectivity index (χ1) is 17.0. The Bertz CT molecular complexity index is 1200. The van der Waals surface area contributed by atoms with Crippen LogP contribution in [0.15, 0.2) is 29.3 Å². The molecule has 2 aromatic rings. The zero-order chi connectivity index (χ0) is 24.1. The molecule has 1 saturated carbocycles. The highest BCUT2D eigenvalue weighted by atomic mass is 19.1. The van der Waals surface area contributed by atoms with E-state index in [0.29, 0.717) is 6.04 Å². The molecule has 4 aliphatic rings. The summed E-state index contributed by atoms with van der Waals surface area (Å²) in [4.78, 5) is 11.2. The van der Waals surface area contributed by atoms with Crippen molar-refractivity contribution in [3.8, 4) is 11.5 Å². The van der Waals surface area contributed by atoms with Crippen molar-refractivity contribution in [2.45, 2.75) is 77.8 Å². The van der Waals surface area contributed by atoms with Crippen LogP contribution in [0.3, 0.4) is 0 Å². The maximum atomic E-state index is 14.2. The smallest absolute Gasteiger partial charge is 0.159 e. The number of nitrogens with one attached hydrogen (secondary N) is 2. The van der Waals surface area contributed by atoms with Crippen molar-refractivity contribution in [1.82, 2.24) is 25.1 Å². The van der Waals surface area contributed by atoms with Gasteiger partial charge in [-0.1, -0.05) is 31.6 Å². The van der Waals surface area contributed by atoms with Gasteiger partial charge in [-0.05, 0) is 62.4 Å². The first kappa shape index (κ1) is 22.8. The predicted octanol–water partition coefficient (Wildman–Crippen LogP) is 6.02. The van der Waals surface area contributed by atoms with Crippen LogP contribution in [0, 0.1) is 17.8 Å². The number of hydrogen-bond donors (Lipinski definition) is 3. The molecule has 1 fully saturated rings. The van der Waals surface area contributed by atoms with Crippen molar-refractivity contribution in [1.29, 1.82) is 0 Å². The van der Waals surface area contributed by atoms with Crippen LogP contribution < -0.4 is 0 Å². The van der Waals surface area contributed by atoms with Crippen LogP contribution in [0.1, 0.15) is 75.0 Å². The molecule has 2 atom stereocenters. The second-order valence-electron chi connectivity index (χ2n) is 11.0. The highest BCUT2D eigenvalue weighted by molar-refractivity contribution is 5.71. The van der Waals surface area contributed by atoms with E-state index in [1.54, 1.807) is 6.08 Å². The number of aromatic nitrogens is 4. The van der Waals surface area contributed by atoms with Gasteiger partial charge in [0, 0.05) is 43.2 Å². The SMILES string of the molecule is CCC1=CC(O)=C(F)CC1C1C=Cc2c(-c3nc4c([nH]3)CN(C3CCC(C)CC3)CC4)n[nH]c2C1. The topological polar surface area (TPSA) is 80.8 Å². The zero-order valence-corrected chi connectivity index (χ0v) is 20.8. The van der Waals surface area contributed by atoms with Crippen molar-refractivity contribution in [3.05, 3.63) is 52.0 Å². The van der Waals surface area contributed by atoms with Gasteiger partial charge in [0.1, 0.15) is 17.3 Å². The number of aromatic amines is 2. The van der Waals surface area contributed by atoms with Crippen molar-refractivity contribution < 1.29 is 9.50 Å². The largest absolute Gasteiger partial charge is 0.505 e. The summed E-state index contributed by atoms with van der Waals surface area (Å²) in [5, 5.41) is 17.7. The molecule has 0 bridgehead atoms. The molecule has 0 radical (unpaired) electrons. The summed E-state index contributed by atoms with van der Waals surface area (Å²) in [6.45, 7) is 6.48. The monoisotopic (exact) mass is 477 g/mol. The number of aliphatic hydroxyl groups excluding tert-OH is 1. The lowest BCUT2D eigenvalue weighted by molar-refractivity contribution is 0.124. The standard InChI is InChI=1S/C28H36FN5O/c1-3-17-13-26(35)22(29)14-21(17)18-6-9-20-24(12-18)32-33-27(20)28-30-23-10-11-34(15-25(23)31-28)19-7-4-16(2)5-8-19/h6,9,13,16,18-19,21,35H,3-5,7-8,10-12,14-15H2,1-2H3,(H,30,31)(H,32,33). The van der Waals surface area contributed by atoms with Gasteiger partial charge in [0.2, 0.25) is 0 Å². The van der Waals surface area contributed by atoms with Crippen LogP contribution in [0.25, 0.3) is 17.6 Å². The highest BCUT2D eigenvalue weighted by Gasteiger charge is 2.33. The average molecular weight is 478 g/mol. The molecule has 3 N–H and O–H groups in total. The molecule has 1 aliphatic heterocycles. The molecule has 6 rings (SSSR count). The van der Waals surface area contributed by atoms with Gasteiger partial charge in [-0.2, -0.15) is 5.10 Å². The molecule has 2 unspecified atom stereocenters.